The average Bonchev–Trinajstić information content (AvgIpc) is 2.44. The van der Waals surface area contributed by atoms with E-state index in [0.717, 1.165) is 32.5 Å². The van der Waals surface area contributed by atoms with Crippen LogP contribution in [0.5, 0.6) is 0 Å². The third kappa shape index (κ3) is 4.91. The highest BCUT2D eigenvalue weighted by Crippen LogP contribution is 2.23. The average molecular weight is 318 g/mol. The molecule has 0 aliphatic carbocycles. The summed E-state index contributed by atoms with van der Waals surface area (Å²) in [6, 6.07) is 0. The topological polar surface area (TPSA) is 49.9 Å². The maximum absolute atomic E-state index is 11.8. The summed E-state index contributed by atoms with van der Waals surface area (Å²) < 4.78 is 31.1. The summed E-state index contributed by atoms with van der Waals surface area (Å²) in [6.07, 6.45) is 3.85. The highest BCUT2D eigenvalue weighted by atomic mass is 32.2. The van der Waals surface area contributed by atoms with Gasteiger partial charge in [0.25, 0.3) is 0 Å². The molecule has 0 spiro atoms. The predicted octanol–water partition coefficient (Wildman–Crippen LogP) is 1.55. The van der Waals surface area contributed by atoms with Crippen molar-refractivity contribution >= 4 is 10.0 Å². The first-order valence-corrected chi connectivity index (χ1v) is 9.87. The lowest BCUT2D eigenvalue weighted by Crippen LogP contribution is -2.46. The van der Waals surface area contributed by atoms with Gasteiger partial charge in [-0.05, 0) is 52.5 Å². The normalized spacial score (nSPS) is 30.6. The van der Waals surface area contributed by atoms with Crippen LogP contribution in [0.4, 0.5) is 0 Å². The summed E-state index contributed by atoms with van der Waals surface area (Å²) in [5.41, 5.74) is 0. The van der Waals surface area contributed by atoms with E-state index in [4.69, 9.17) is 4.74 Å². The van der Waals surface area contributed by atoms with Gasteiger partial charge in [0.05, 0.1) is 18.0 Å². The van der Waals surface area contributed by atoms with Crippen molar-refractivity contribution in [3.63, 3.8) is 0 Å². The van der Waals surface area contributed by atoms with Crippen molar-refractivity contribution in [3.05, 3.63) is 0 Å². The van der Waals surface area contributed by atoms with E-state index in [9.17, 15) is 8.42 Å². The van der Waals surface area contributed by atoms with Crippen molar-refractivity contribution in [2.24, 2.45) is 5.92 Å². The van der Waals surface area contributed by atoms with E-state index in [1.807, 2.05) is 0 Å². The Kier molecular flexibility index (Phi) is 6.05. The Morgan fingerprint density at radius 3 is 2.19 bits per heavy atom. The monoisotopic (exact) mass is 318 g/mol. The molecule has 2 fully saturated rings. The van der Waals surface area contributed by atoms with Gasteiger partial charge in [0.15, 0.2) is 0 Å². The SMILES string of the molecule is CCS(=O)(=O)N1CCC(CCN2C[C@@H](C)O[C@H](C)C2)CC1. The van der Waals surface area contributed by atoms with E-state index < -0.39 is 10.0 Å². The van der Waals surface area contributed by atoms with Crippen LogP contribution in [-0.2, 0) is 14.8 Å². The third-order valence-electron chi connectivity index (χ3n) is 4.68. The molecular weight excluding hydrogens is 288 g/mol. The molecule has 0 saturated carbocycles. The molecule has 0 aromatic rings. The minimum Gasteiger partial charge on any atom is -0.373 e. The number of piperidine rings is 1. The van der Waals surface area contributed by atoms with Crippen molar-refractivity contribution in [3.8, 4) is 0 Å². The summed E-state index contributed by atoms with van der Waals surface area (Å²) >= 11 is 0. The van der Waals surface area contributed by atoms with Gasteiger partial charge >= 0.3 is 0 Å². The second kappa shape index (κ2) is 7.40. The van der Waals surface area contributed by atoms with Gasteiger partial charge in [-0.1, -0.05) is 0 Å². The second-order valence-corrected chi connectivity index (χ2v) is 8.81. The first-order chi connectivity index (χ1) is 9.90. The van der Waals surface area contributed by atoms with Crippen LogP contribution >= 0.6 is 0 Å². The van der Waals surface area contributed by atoms with Crippen molar-refractivity contribution < 1.29 is 13.2 Å². The Balaban J connectivity index is 1.72. The molecule has 5 nitrogen and oxygen atoms in total. The summed E-state index contributed by atoms with van der Waals surface area (Å²) in [4.78, 5) is 2.49. The Morgan fingerprint density at radius 2 is 1.67 bits per heavy atom. The maximum Gasteiger partial charge on any atom is 0.213 e. The van der Waals surface area contributed by atoms with Crippen LogP contribution in [0.3, 0.4) is 0 Å². The molecular formula is C15H30N2O3S. The van der Waals surface area contributed by atoms with Crippen LogP contribution in [0.1, 0.15) is 40.0 Å². The van der Waals surface area contributed by atoms with Gasteiger partial charge in [-0.25, -0.2) is 12.7 Å². The number of hydrogen-bond acceptors (Lipinski definition) is 4. The number of nitrogens with zero attached hydrogens (tertiary/aromatic N) is 2. The van der Waals surface area contributed by atoms with Crippen molar-refractivity contribution in [2.75, 3.05) is 38.5 Å². The van der Waals surface area contributed by atoms with Gasteiger partial charge in [-0.15, -0.1) is 0 Å². The van der Waals surface area contributed by atoms with Crippen LogP contribution in [0.15, 0.2) is 0 Å². The third-order valence-corrected chi connectivity index (χ3v) is 6.56. The molecule has 0 aromatic heterocycles. The van der Waals surface area contributed by atoms with E-state index in [-0.39, 0.29) is 5.75 Å². The first-order valence-electron chi connectivity index (χ1n) is 8.26. The van der Waals surface area contributed by atoms with Crippen LogP contribution in [0.2, 0.25) is 0 Å². The van der Waals surface area contributed by atoms with Crippen LogP contribution < -0.4 is 0 Å². The van der Waals surface area contributed by atoms with E-state index >= 15 is 0 Å². The van der Waals surface area contributed by atoms with Crippen molar-refractivity contribution in [2.45, 2.75) is 52.2 Å². The molecule has 0 aromatic carbocycles. The van der Waals surface area contributed by atoms with E-state index in [1.165, 1.54) is 6.42 Å². The molecule has 6 heteroatoms. The van der Waals surface area contributed by atoms with Gasteiger partial charge in [0.1, 0.15) is 0 Å². The molecule has 0 N–H and O–H groups in total. The number of ether oxygens (including phenoxy) is 1. The summed E-state index contributed by atoms with van der Waals surface area (Å²) in [5, 5.41) is 0. The number of hydrogen-bond donors (Lipinski definition) is 0. The zero-order chi connectivity index (χ0) is 15.5. The van der Waals surface area contributed by atoms with Crippen LogP contribution in [0.25, 0.3) is 0 Å². The van der Waals surface area contributed by atoms with Crippen LogP contribution in [-0.4, -0.2) is 68.3 Å². The van der Waals surface area contributed by atoms with Crippen LogP contribution in [0, 0.1) is 5.92 Å². The minimum absolute atomic E-state index is 0.223. The molecule has 0 bridgehead atoms. The van der Waals surface area contributed by atoms with Gasteiger partial charge in [0, 0.05) is 26.2 Å². The lowest BCUT2D eigenvalue weighted by Gasteiger charge is -2.37. The Hall–Kier alpha value is -0.170. The van der Waals surface area contributed by atoms with E-state index in [2.05, 4.69) is 18.7 Å². The van der Waals surface area contributed by atoms with Crippen molar-refractivity contribution in [1.82, 2.24) is 9.21 Å². The summed E-state index contributed by atoms with van der Waals surface area (Å²) in [6.45, 7) is 10.6. The molecule has 2 saturated heterocycles. The van der Waals surface area contributed by atoms with Gasteiger partial charge in [-0.3, -0.25) is 4.90 Å². The summed E-state index contributed by atoms with van der Waals surface area (Å²) in [7, 11) is -2.99. The van der Waals surface area contributed by atoms with Gasteiger partial charge in [-0.2, -0.15) is 0 Å². The first kappa shape index (κ1) is 17.2. The smallest absolute Gasteiger partial charge is 0.213 e. The lowest BCUT2D eigenvalue weighted by atomic mass is 9.94. The quantitative estimate of drug-likeness (QED) is 0.772. The predicted molar refractivity (Wildman–Crippen MR) is 84.8 cm³/mol. The molecule has 124 valence electrons. The largest absolute Gasteiger partial charge is 0.373 e. The fourth-order valence-corrected chi connectivity index (χ4v) is 4.62. The lowest BCUT2D eigenvalue weighted by molar-refractivity contribution is -0.0692. The highest BCUT2D eigenvalue weighted by Gasteiger charge is 2.28. The molecule has 2 rings (SSSR count). The number of rotatable bonds is 5. The Bertz CT molecular complexity index is 409. The molecule has 21 heavy (non-hydrogen) atoms. The number of morpholine rings is 1. The Morgan fingerprint density at radius 1 is 1.10 bits per heavy atom. The summed E-state index contributed by atoms with van der Waals surface area (Å²) in [5.74, 6) is 0.892. The zero-order valence-corrected chi connectivity index (χ0v) is 14.4. The highest BCUT2D eigenvalue weighted by molar-refractivity contribution is 7.89. The molecule has 2 aliphatic heterocycles. The standard InChI is InChI=1S/C15H30N2O3S/c1-4-21(18,19)17-9-6-15(7-10-17)5-8-16-11-13(2)20-14(3)12-16/h13-15H,4-12H2,1-3H3/t13-,14-/m1/s1. The molecule has 0 amide bonds. The molecule has 2 atom stereocenters. The molecule has 2 heterocycles. The molecule has 2 aliphatic rings. The zero-order valence-electron chi connectivity index (χ0n) is 13.6. The fourth-order valence-electron chi connectivity index (χ4n) is 3.49. The molecule has 0 radical (unpaired) electrons. The molecule has 0 unspecified atom stereocenters. The second-order valence-electron chi connectivity index (χ2n) is 6.55. The van der Waals surface area contributed by atoms with Gasteiger partial charge in [0.2, 0.25) is 10.0 Å². The maximum atomic E-state index is 11.8. The van der Waals surface area contributed by atoms with Gasteiger partial charge < -0.3 is 4.74 Å². The van der Waals surface area contributed by atoms with E-state index in [0.29, 0.717) is 31.2 Å². The number of sulfonamides is 1. The minimum atomic E-state index is -2.99. The van der Waals surface area contributed by atoms with E-state index in [1.54, 1.807) is 11.2 Å². The Labute approximate surface area is 129 Å². The van der Waals surface area contributed by atoms with Crippen molar-refractivity contribution in [1.29, 1.82) is 0 Å². The fraction of sp³-hybridized carbons (Fsp3) is 1.00.